The predicted molar refractivity (Wildman–Crippen MR) is 81.6 cm³/mol. The van der Waals surface area contributed by atoms with Gasteiger partial charge in [0.15, 0.2) is 0 Å². The van der Waals surface area contributed by atoms with Crippen molar-refractivity contribution >= 4 is 18.6 Å². The van der Waals surface area contributed by atoms with Crippen LogP contribution in [0.15, 0.2) is 0 Å². The van der Waals surface area contributed by atoms with E-state index in [0.29, 0.717) is 18.1 Å². The summed E-state index contributed by atoms with van der Waals surface area (Å²) in [6.07, 6.45) is 8.36. The SMILES string of the molecule is CC[C@@]1(OC(=O)CCS)CC2CC1C1C3CCC(C3)C21. The van der Waals surface area contributed by atoms with Crippen molar-refractivity contribution in [1.29, 1.82) is 0 Å². The van der Waals surface area contributed by atoms with Crippen LogP contribution in [0, 0.1) is 35.5 Å². The molecule has 0 saturated heterocycles. The summed E-state index contributed by atoms with van der Waals surface area (Å²) in [5.41, 5.74) is -0.115. The van der Waals surface area contributed by atoms with Crippen LogP contribution >= 0.6 is 12.6 Å². The second kappa shape index (κ2) is 4.66. The molecule has 6 unspecified atom stereocenters. The van der Waals surface area contributed by atoms with Crippen LogP contribution in [-0.2, 0) is 9.53 Å². The number of rotatable bonds is 4. The molecule has 112 valence electrons. The molecule has 20 heavy (non-hydrogen) atoms. The quantitative estimate of drug-likeness (QED) is 0.486. The lowest BCUT2D eigenvalue weighted by Gasteiger charge is -2.45. The highest BCUT2D eigenvalue weighted by atomic mass is 32.1. The van der Waals surface area contributed by atoms with Crippen LogP contribution in [0.1, 0.15) is 51.9 Å². The van der Waals surface area contributed by atoms with E-state index < -0.39 is 0 Å². The molecular formula is C17H26O2S. The molecule has 0 N–H and O–H groups in total. The summed E-state index contributed by atoms with van der Waals surface area (Å²) in [5, 5.41) is 0. The Hall–Kier alpha value is -0.180. The summed E-state index contributed by atoms with van der Waals surface area (Å²) in [4.78, 5) is 12.0. The second-order valence-electron chi connectivity index (χ2n) is 7.66. The van der Waals surface area contributed by atoms with Crippen molar-refractivity contribution in [2.45, 2.75) is 57.5 Å². The molecule has 3 heteroatoms. The number of fused-ring (bicyclic) bond motifs is 9. The summed E-state index contributed by atoms with van der Waals surface area (Å²) in [6, 6.07) is 0. The van der Waals surface area contributed by atoms with Gasteiger partial charge < -0.3 is 4.74 Å². The van der Waals surface area contributed by atoms with E-state index >= 15 is 0 Å². The van der Waals surface area contributed by atoms with E-state index in [1.165, 1.54) is 25.7 Å². The summed E-state index contributed by atoms with van der Waals surface area (Å²) < 4.78 is 6.05. The molecule has 4 fully saturated rings. The molecule has 4 aliphatic carbocycles. The molecule has 0 amide bonds. The normalized spacial score (nSPS) is 51.5. The van der Waals surface area contributed by atoms with E-state index in [1.807, 2.05) is 0 Å². The van der Waals surface area contributed by atoms with Gasteiger partial charge in [-0.2, -0.15) is 12.6 Å². The van der Waals surface area contributed by atoms with Crippen LogP contribution in [0.5, 0.6) is 0 Å². The molecule has 4 bridgehead atoms. The molecule has 0 spiro atoms. The Balaban J connectivity index is 1.57. The van der Waals surface area contributed by atoms with Gasteiger partial charge in [0, 0.05) is 11.7 Å². The molecule has 2 nitrogen and oxygen atoms in total. The Kier molecular flexibility index (Phi) is 3.14. The van der Waals surface area contributed by atoms with Crippen molar-refractivity contribution < 1.29 is 9.53 Å². The highest BCUT2D eigenvalue weighted by Gasteiger charge is 2.67. The van der Waals surface area contributed by atoms with E-state index in [1.54, 1.807) is 0 Å². The zero-order valence-corrected chi connectivity index (χ0v) is 13.3. The van der Waals surface area contributed by atoms with Gasteiger partial charge in [0.05, 0.1) is 6.42 Å². The lowest BCUT2D eigenvalue weighted by atomic mass is 9.65. The molecule has 0 aromatic rings. The number of thiol groups is 1. The van der Waals surface area contributed by atoms with E-state index in [0.717, 1.165) is 42.4 Å². The van der Waals surface area contributed by atoms with Gasteiger partial charge in [-0.05, 0) is 68.1 Å². The maximum absolute atomic E-state index is 12.0. The maximum atomic E-state index is 12.0. The van der Waals surface area contributed by atoms with Gasteiger partial charge in [0.2, 0.25) is 0 Å². The van der Waals surface area contributed by atoms with Crippen LogP contribution in [0.25, 0.3) is 0 Å². The Morgan fingerprint density at radius 2 is 1.95 bits per heavy atom. The molecular weight excluding hydrogens is 268 g/mol. The Morgan fingerprint density at radius 1 is 1.20 bits per heavy atom. The van der Waals surface area contributed by atoms with E-state index in [9.17, 15) is 4.79 Å². The van der Waals surface area contributed by atoms with E-state index in [4.69, 9.17) is 4.74 Å². The van der Waals surface area contributed by atoms with Crippen molar-refractivity contribution in [2.75, 3.05) is 5.75 Å². The molecule has 0 aliphatic heterocycles. The van der Waals surface area contributed by atoms with E-state index in [-0.39, 0.29) is 11.6 Å². The summed E-state index contributed by atoms with van der Waals surface area (Å²) in [5.74, 6) is 5.94. The summed E-state index contributed by atoms with van der Waals surface area (Å²) in [6.45, 7) is 2.22. The summed E-state index contributed by atoms with van der Waals surface area (Å²) >= 11 is 4.16. The van der Waals surface area contributed by atoms with Gasteiger partial charge in [-0.15, -0.1) is 0 Å². The third-order valence-electron chi connectivity index (χ3n) is 7.13. The first-order valence-electron chi connectivity index (χ1n) is 8.51. The topological polar surface area (TPSA) is 26.3 Å². The fourth-order valence-electron chi connectivity index (χ4n) is 6.66. The largest absolute Gasteiger partial charge is 0.459 e. The van der Waals surface area contributed by atoms with Gasteiger partial charge >= 0.3 is 5.97 Å². The fourth-order valence-corrected chi connectivity index (χ4v) is 6.84. The van der Waals surface area contributed by atoms with Crippen LogP contribution in [-0.4, -0.2) is 17.3 Å². The lowest BCUT2D eigenvalue weighted by Crippen LogP contribution is -2.47. The van der Waals surface area contributed by atoms with Gasteiger partial charge in [-0.1, -0.05) is 6.92 Å². The molecule has 0 aromatic heterocycles. The fraction of sp³-hybridized carbons (Fsp3) is 0.941. The Labute approximate surface area is 127 Å². The van der Waals surface area contributed by atoms with Gasteiger partial charge in [-0.3, -0.25) is 4.79 Å². The van der Waals surface area contributed by atoms with Crippen molar-refractivity contribution in [3.8, 4) is 0 Å². The van der Waals surface area contributed by atoms with Crippen LogP contribution in [0.3, 0.4) is 0 Å². The van der Waals surface area contributed by atoms with Crippen LogP contribution in [0.2, 0.25) is 0 Å². The molecule has 4 rings (SSSR count). The number of ether oxygens (including phenoxy) is 1. The van der Waals surface area contributed by atoms with E-state index in [2.05, 4.69) is 19.6 Å². The minimum atomic E-state index is -0.115. The lowest BCUT2D eigenvalue weighted by molar-refractivity contribution is -0.172. The molecule has 4 aliphatic rings. The molecule has 7 atom stereocenters. The number of hydrogen-bond donors (Lipinski definition) is 1. The van der Waals surface area contributed by atoms with Crippen molar-refractivity contribution in [3.63, 3.8) is 0 Å². The average molecular weight is 294 g/mol. The van der Waals surface area contributed by atoms with Crippen molar-refractivity contribution in [3.05, 3.63) is 0 Å². The first-order chi connectivity index (χ1) is 9.68. The van der Waals surface area contributed by atoms with Crippen LogP contribution < -0.4 is 0 Å². The number of carbonyl (C=O) groups excluding carboxylic acids is 1. The maximum Gasteiger partial charge on any atom is 0.307 e. The highest BCUT2D eigenvalue weighted by Crippen LogP contribution is 2.70. The second-order valence-corrected chi connectivity index (χ2v) is 8.11. The number of hydrogen-bond acceptors (Lipinski definition) is 3. The molecule has 0 radical (unpaired) electrons. The standard InChI is InChI=1S/C17H26O2S/c1-2-17(19-14(18)5-6-20)9-12-8-13(17)16-11-4-3-10(7-11)15(12)16/h10-13,15-16,20H,2-9H2,1H3/t10?,11?,12?,13?,15?,16?,17-/m1/s1. The van der Waals surface area contributed by atoms with Gasteiger partial charge in [-0.25, -0.2) is 0 Å². The zero-order chi connectivity index (χ0) is 13.9. The third-order valence-corrected chi connectivity index (χ3v) is 7.35. The van der Waals surface area contributed by atoms with Crippen molar-refractivity contribution in [2.24, 2.45) is 35.5 Å². The average Bonchev–Trinajstić information content (AvgIpc) is 3.16. The number of carbonyl (C=O) groups is 1. The van der Waals surface area contributed by atoms with Gasteiger partial charge in [0.1, 0.15) is 5.60 Å². The smallest absolute Gasteiger partial charge is 0.307 e. The third kappa shape index (κ3) is 1.68. The van der Waals surface area contributed by atoms with Crippen molar-refractivity contribution in [1.82, 2.24) is 0 Å². The minimum Gasteiger partial charge on any atom is -0.459 e. The summed E-state index contributed by atoms with van der Waals surface area (Å²) in [7, 11) is 0. The highest BCUT2D eigenvalue weighted by molar-refractivity contribution is 7.80. The van der Waals surface area contributed by atoms with Crippen LogP contribution in [0.4, 0.5) is 0 Å². The monoisotopic (exact) mass is 294 g/mol. The molecule has 0 heterocycles. The Morgan fingerprint density at radius 3 is 2.65 bits per heavy atom. The Bertz CT molecular complexity index is 423. The molecule has 0 aromatic carbocycles. The number of esters is 1. The first-order valence-corrected chi connectivity index (χ1v) is 9.14. The zero-order valence-electron chi connectivity index (χ0n) is 12.4. The first kappa shape index (κ1) is 13.5. The molecule has 4 saturated carbocycles. The van der Waals surface area contributed by atoms with Gasteiger partial charge in [0.25, 0.3) is 0 Å². The minimum absolute atomic E-state index is 0.0193. The predicted octanol–water partition coefficient (Wildman–Crippen LogP) is 3.70.